The van der Waals surface area contributed by atoms with Crippen molar-refractivity contribution in [3.05, 3.63) is 77.6 Å². The maximum atomic E-state index is 12.5. The number of carbonyl (C=O) groups excluding carboxylic acids is 1. The van der Waals surface area contributed by atoms with Crippen molar-refractivity contribution in [2.75, 3.05) is 18.5 Å². The molecule has 3 heterocycles. The average molecular weight is 362 g/mol. The summed E-state index contributed by atoms with van der Waals surface area (Å²) < 4.78 is 0. The van der Waals surface area contributed by atoms with Crippen LogP contribution >= 0.6 is 0 Å². The molecule has 0 saturated heterocycles. The van der Waals surface area contributed by atoms with E-state index in [4.69, 9.17) is 0 Å². The summed E-state index contributed by atoms with van der Waals surface area (Å²) in [5.74, 6) is 0.319. The quantitative estimate of drug-likeness (QED) is 0.694. The van der Waals surface area contributed by atoms with Crippen molar-refractivity contribution < 1.29 is 4.79 Å². The highest BCUT2D eigenvalue weighted by Crippen LogP contribution is 2.10. The van der Waals surface area contributed by atoms with Gasteiger partial charge < -0.3 is 10.2 Å². The van der Waals surface area contributed by atoms with Crippen LogP contribution in [-0.4, -0.2) is 39.4 Å². The van der Waals surface area contributed by atoms with Crippen molar-refractivity contribution in [3.63, 3.8) is 0 Å². The third-order valence-electron chi connectivity index (χ3n) is 4.10. The number of rotatable bonds is 7. The van der Waals surface area contributed by atoms with Gasteiger partial charge >= 0.3 is 0 Å². The van der Waals surface area contributed by atoms with E-state index in [0.717, 1.165) is 24.2 Å². The first-order valence-corrected chi connectivity index (χ1v) is 8.74. The van der Waals surface area contributed by atoms with Gasteiger partial charge in [-0.2, -0.15) is 0 Å². The molecule has 0 aliphatic heterocycles. The normalized spacial score (nSPS) is 10.4. The highest BCUT2D eigenvalue weighted by Gasteiger charge is 2.13. The molecule has 0 aliphatic rings. The summed E-state index contributed by atoms with van der Waals surface area (Å²) in [6.07, 6.45) is 7.81. The van der Waals surface area contributed by atoms with Crippen LogP contribution in [0, 0.1) is 6.92 Å². The molecular formula is C20H22N6O. The van der Waals surface area contributed by atoms with E-state index >= 15 is 0 Å². The minimum atomic E-state index is -0.221. The molecule has 0 unspecified atom stereocenters. The molecule has 0 atom stereocenters. The lowest BCUT2D eigenvalue weighted by molar-refractivity contribution is 0.0945. The van der Waals surface area contributed by atoms with Gasteiger partial charge in [-0.1, -0.05) is 0 Å². The van der Waals surface area contributed by atoms with E-state index in [-0.39, 0.29) is 5.91 Å². The molecule has 0 fully saturated rings. The zero-order chi connectivity index (χ0) is 19.1. The second kappa shape index (κ2) is 8.84. The molecule has 0 spiro atoms. The summed E-state index contributed by atoms with van der Waals surface area (Å²) in [4.78, 5) is 31.3. The van der Waals surface area contributed by atoms with Crippen molar-refractivity contribution in [2.45, 2.75) is 19.9 Å². The number of nitrogens with zero attached hydrogens (tertiary/aromatic N) is 5. The van der Waals surface area contributed by atoms with Gasteiger partial charge in [0.05, 0.1) is 0 Å². The summed E-state index contributed by atoms with van der Waals surface area (Å²) in [5, 5.41) is 2.88. The van der Waals surface area contributed by atoms with Crippen LogP contribution < -0.4 is 10.2 Å². The van der Waals surface area contributed by atoms with Crippen molar-refractivity contribution in [1.82, 2.24) is 25.3 Å². The SMILES string of the molecule is Cc1cc(C(=O)NCc2ccncc2)nc(N(C)CCc2ccncc2)n1. The Bertz CT molecular complexity index is 885. The maximum Gasteiger partial charge on any atom is 0.270 e. The molecule has 3 aromatic rings. The Kier molecular flexibility index (Phi) is 6.04. The largest absolute Gasteiger partial charge is 0.347 e. The highest BCUT2D eigenvalue weighted by atomic mass is 16.1. The number of aromatic nitrogens is 4. The van der Waals surface area contributed by atoms with Crippen LogP contribution in [-0.2, 0) is 13.0 Å². The van der Waals surface area contributed by atoms with Gasteiger partial charge in [-0.3, -0.25) is 14.8 Å². The van der Waals surface area contributed by atoms with Crippen LogP contribution in [0.15, 0.2) is 55.1 Å². The minimum absolute atomic E-state index is 0.221. The van der Waals surface area contributed by atoms with E-state index in [1.165, 1.54) is 5.56 Å². The zero-order valence-corrected chi connectivity index (χ0v) is 15.5. The smallest absolute Gasteiger partial charge is 0.270 e. The van der Waals surface area contributed by atoms with Crippen LogP contribution in [0.3, 0.4) is 0 Å². The van der Waals surface area contributed by atoms with Crippen molar-refractivity contribution in [2.24, 2.45) is 0 Å². The molecule has 0 radical (unpaired) electrons. The number of anilines is 1. The predicted octanol–water partition coefficient (Wildman–Crippen LogP) is 2.18. The van der Waals surface area contributed by atoms with Gasteiger partial charge in [-0.15, -0.1) is 0 Å². The fourth-order valence-corrected chi connectivity index (χ4v) is 2.56. The maximum absolute atomic E-state index is 12.5. The Balaban J connectivity index is 1.65. The second-order valence-electron chi connectivity index (χ2n) is 6.26. The van der Waals surface area contributed by atoms with Gasteiger partial charge in [-0.05, 0) is 54.8 Å². The lowest BCUT2D eigenvalue weighted by Crippen LogP contribution is -2.27. The molecule has 138 valence electrons. The molecule has 3 rings (SSSR count). The van der Waals surface area contributed by atoms with Crippen molar-refractivity contribution >= 4 is 11.9 Å². The number of carbonyl (C=O) groups is 1. The first-order valence-electron chi connectivity index (χ1n) is 8.74. The lowest BCUT2D eigenvalue weighted by atomic mass is 10.2. The van der Waals surface area contributed by atoms with Crippen LogP contribution in [0.5, 0.6) is 0 Å². The Morgan fingerprint density at radius 3 is 2.30 bits per heavy atom. The van der Waals surface area contributed by atoms with E-state index in [1.54, 1.807) is 30.9 Å². The third kappa shape index (κ3) is 5.31. The summed E-state index contributed by atoms with van der Waals surface area (Å²) in [6, 6.07) is 9.40. The Morgan fingerprint density at radius 1 is 1.00 bits per heavy atom. The molecular weight excluding hydrogens is 340 g/mol. The van der Waals surface area contributed by atoms with Gasteiger partial charge in [-0.25, -0.2) is 9.97 Å². The van der Waals surface area contributed by atoms with E-state index < -0.39 is 0 Å². The molecule has 0 aliphatic carbocycles. The minimum Gasteiger partial charge on any atom is -0.347 e. The molecule has 3 aromatic heterocycles. The first kappa shape index (κ1) is 18.4. The fourth-order valence-electron chi connectivity index (χ4n) is 2.56. The number of nitrogens with one attached hydrogen (secondary N) is 1. The predicted molar refractivity (Wildman–Crippen MR) is 103 cm³/mol. The summed E-state index contributed by atoms with van der Waals surface area (Å²) in [6.45, 7) is 3.03. The molecule has 1 N–H and O–H groups in total. The highest BCUT2D eigenvalue weighted by molar-refractivity contribution is 5.92. The number of amides is 1. The summed E-state index contributed by atoms with van der Waals surface area (Å²) in [7, 11) is 1.93. The molecule has 0 saturated carbocycles. The second-order valence-corrected chi connectivity index (χ2v) is 6.26. The monoisotopic (exact) mass is 362 g/mol. The van der Waals surface area contributed by atoms with Gasteiger partial charge in [0.2, 0.25) is 5.95 Å². The molecule has 7 nitrogen and oxygen atoms in total. The van der Waals surface area contributed by atoms with Gasteiger partial charge in [0.25, 0.3) is 5.91 Å². The number of hydrogen-bond acceptors (Lipinski definition) is 6. The standard InChI is InChI=1S/C20H22N6O/c1-15-13-18(19(27)23-14-17-5-10-22-11-6-17)25-20(24-15)26(2)12-7-16-3-8-21-9-4-16/h3-6,8-11,13H,7,12,14H2,1-2H3,(H,23,27). The average Bonchev–Trinajstić information content (AvgIpc) is 2.71. The Hall–Kier alpha value is -3.35. The van der Waals surface area contributed by atoms with Crippen molar-refractivity contribution in [1.29, 1.82) is 0 Å². The van der Waals surface area contributed by atoms with E-state index in [0.29, 0.717) is 18.2 Å². The first-order chi connectivity index (χ1) is 13.1. The number of likely N-dealkylation sites (N-methyl/N-ethyl adjacent to an activating group) is 1. The van der Waals surface area contributed by atoms with Gasteiger partial charge in [0.1, 0.15) is 5.69 Å². The molecule has 1 amide bonds. The van der Waals surface area contributed by atoms with Crippen LogP contribution in [0.4, 0.5) is 5.95 Å². The van der Waals surface area contributed by atoms with E-state index in [2.05, 4.69) is 25.3 Å². The van der Waals surface area contributed by atoms with Crippen LogP contribution in [0.1, 0.15) is 27.3 Å². The van der Waals surface area contributed by atoms with Gasteiger partial charge in [0, 0.05) is 50.6 Å². The fraction of sp³-hybridized carbons (Fsp3) is 0.250. The molecule has 0 aromatic carbocycles. The number of hydrogen-bond donors (Lipinski definition) is 1. The molecule has 7 heteroatoms. The number of pyridine rings is 2. The van der Waals surface area contributed by atoms with E-state index in [9.17, 15) is 4.79 Å². The lowest BCUT2D eigenvalue weighted by Gasteiger charge is -2.18. The molecule has 27 heavy (non-hydrogen) atoms. The third-order valence-corrected chi connectivity index (χ3v) is 4.10. The molecule has 0 bridgehead atoms. The summed E-state index contributed by atoms with van der Waals surface area (Å²) >= 11 is 0. The number of aryl methyl sites for hydroxylation is 1. The zero-order valence-electron chi connectivity index (χ0n) is 15.5. The van der Waals surface area contributed by atoms with Crippen molar-refractivity contribution in [3.8, 4) is 0 Å². The van der Waals surface area contributed by atoms with E-state index in [1.807, 2.05) is 43.1 Å². The summed E-state index contributed by atoms with van der Waals surface area (Å²) in [5.41, 5.74) is 3.30. The van der Waals surface area contributed by atoms with Crippen LogP contribution in [0.25, 0.3) is 0 Å². The Labute approximate surface area is 158 Å². The van der Waals surface area contributed by atoms with Crippen LogP contribution in [0.2, 0.25) is 0 Å². The topological polar surface area (TPSA) is 83.9 Å². The van der Waals surface area contributed by atoms with Gasteiger partial charge in [0.15, 0.2) is 0 Å². The Morgan fingerprint density at radius 2 is 1.63 bits per heavy atom.